The maximum absolute atomic E-state index is 14.0. The third kappa shape index (κ3) is 3.58. The van der Waals surface area contributed by atoms with Crippen molar-refractivity contribution < 1.29 is 19.0 Å². The quantitative estimate of drug-likeness (QED) is 0.780. The lowest BCUT2D eigenvalue weighted by Gasteiger charge is -2.37. The highest BCUT2D eigenvalue weighted by Gasteiger charge is 2.46. The number of rotatable bonds is 2. The molecule has 3 heterocycles. The van der Waals surface area contributed by atoms with E-state index in [1.807, 2.05) is 13.1 Å². The number of amides is 2. The minimum Gasteiger partial charge on any atom is -0.508 e. The molecule has 3 aliphatic heterocycles. The number of piperidine rings is 1. The number of hydrogen-bond donors (Lipinski definition) is 1. The Bertz CT molecular complexity index is 1070. The van der Waals surface area contributed by atoms with Crippen molar-refractivity contribution in [2.75, 3.05) is 33.8 Å². The van der Waals surface area contributed by atoms with Crippen molar-refractivity contribution >= 4 is 11.7 Å². The first-order valence-corrected chi connectivity index (χ1v) is 11.0. The van der Waals surface area contributed by atoms with E-state index in [2.05, 4.69) is 11.9 Å². The normalized spacial score (nSPS) is 23.2. The fraction of sp³-hybridized carbons (Fsp3) is 0.417. The highest BCUT2D eigenvalue weighted by Crippen LogP contribution is 2.43. The molecule has 2 atom stereocenters. The van der Waals surface area contributed by atoms with Crippen molar-refractivity contribution in [3.05, 3.63) is 59.4 Å². The van der Waals surface area contributed by atoms with E-state index in [9.17, 15) is 14.3 Å². The van der Waals surface area contributed by atoms with Gasteiger partial charge in [0.25, 0.3) is 0 Å². The molecule has 7 nitrogen and oxygen atoms in total. The first-order valence-electron chi connectivity index (χ1n) is 11.0. The number of carbonyl (C=O) groups excluding carboxylic acids is 1. The van der Waals surface area contributed by atoms with Gasteiger partial charge in [-0.3, -0.25) is 0 Å². The van der Waals surface area contributed by atoms with Gasteiger partial charge >= 0.3 is 6.03 Å². The molecular weight excluding hydrogens is 411 g/mol. The van der Waals surface area contributed by atoms with E-state index in [-0.39, 0.29) is 29.6 Å². The highest BCUT2D eigenvalue weighted by molar-refractivity contribution is 6.07. The van der Waals surface area contributed by atoms with Crippen LogP contribution in [0.1, 0.15) is 30.0 Å². The zero-order valence-corrected chi connectivity index (χ0v) is 18.2. The Morgan fingerprint density at radius 3 is 2.75 bits per heavy atom. The number of hydrazone groups is 1. The number of urea groups is 1. The Morgan fingerprint density at radius 1 is 1.22 bits per heavy atom. The van der Waals surface area contributed by atoms with Gasteiger partial charge in [-0.25, -0.2) is 14.2 Å². The average molecular weight is 439 g/mol. The second-order valence-electron chi connectivity index (χ2n) is 8.86. The summed E-state index contributed by atoms with van der Waals surface area (Å²) in [4.78, 5) is 17.7. The summed E-state index contributed by atoms with van der Waals surface area (Å²) in [6.45, 7) is 2.20. The summed E-state index contributed by atoms with van der Waals surface area (Å²) in [5.74, 6) is 0.0444. The third-order valence-corrected chi connectivity index (χ3v) is 6.79. The number of phenolic OH excluding ortho intramolecular Hbond substituents is 1. The van der Waals surface area contributed by atoms with Crippen LogP contribution in [0.5, 0.6) is 11.5 Å². The molecule has 1 fully saturated rings. The number of likely N-dealkylation sites (tertiary alicyclic amines) is 1. The number of ether oxygens (including phenoxy) is 1. The standard InChI is InChI=1S/C24H27FN4O3/c1-27-10-8-17(9-11-27)28(2)24(31)29-23(15-4-3-5-18(30)12-15)20-14-32-21-7-6-16(25)13-19(21)22(20)26-29/h3-7,12-13,17,20,23,30H,8-11,14H2,1-2H3/t20-,23-/m0/s1. The predicted molar refractivity (Wildman–Crippen MR) is 118 cm³/mol. The summed E-state index contributed by atoms with van der Waals surface area (Å²) in [5.41, 5.74) is 1.98. The first kappa shape index (κ1) is 20.8. The number of carbonyl (C=O) groups is 1. The van der Waals surface area contributed by atoms with Crippen LogP contribution >= 0.6 is 0 Å². The van der Waals surface area contributed by atoms with Gasteiger partial charge in [-0.1, -0.05) is 12.1 Å². The lowest BCUT2D eigenvalue weighted by atomic mass is 9.86. The van der Waals surface area contributed by atoms with Gasteiger partial charge in [0.05, 0.1) is 24.3 Å². The van der Waals surface area contributed by atoms with Gasteiger partial charge in [-0.2, -0.15) is 5.10 Å². The van der Waals surface area contributed by atoms with Crippen molar-refractivity contribution in [2.45, 2.75) is 24.9 Å². The highest BCUT2D eigenvalue weighted by atomic mass is 19.1. The van der Waals surface area contributed by atoms with Gasteiger partial charge in [0.15, 0.2) is 0 Å². The van der Waals surface area contributed by atoms with Crippen LogP contribution in [0.25, 0.3) is 0 Å². The first-order chi connectivity index (χ1) is 15.4. The Labute approximate surface area is 186 Å². The van der Waals surface area contributed by atoms with E-state index in [1.165, 1.54) is 17.1 Å². The molecule has 168 valence electrons. The molecular formula is C24H27FN4O3. The van der Waals surface area contributed by atoms with E-state index >= 15 is 0 Å². The van der Waals surface area contributed by atoms with Crippen molar-refractivity contribution in [3.63, 3.8) is 0 Å². The van der Waals surface area contributed by atoms with Gasteiger partial charge in [0.2, 0.25) is 0 Å². The fourth-order valence-corrected chi connectivity index (χ4v) is 4.95. The van der Waals surface area contributed by atoms with E-state index in [0.29, 0.717) is 23.6 Å². The minimum atomic E-state index is -0.449. The third-order valence-electron chi connectivity index (χ3n) is 6.79. The van der Waals surface area contributed by atoms with Crippen molar-refractivity contribution in [3.8, 4) is 11.5 Å². The van der Waals surface area contributed by atoms with Crippen molar-refractivity contribution in [1.82, 2.24) is 14.8 Å². The van der Waals surface area contributed by atoms with Crippen LogP contribution in [0.15, 0.2) is 47.6 Å². The molecule has 32 heavy (non-hydrogen) atoms. The van der Waals surface area contributed by atoms with E-state index in [0.717, 1.165) is 31.5 Å². The summed E-state index contributed by atoms with van der Waals surface area (Å²) in [6.07, 6.45) is 1.81. The number of fused-ring (bicyclic) bond motifs is 3. The van der Waals surface area contributed by atoms with E-state index < -0.39 is 6.04 Å². The van der Waals surface area contributed by atoms with E-state index in [4.69, 9.17) is 9.84 Å². The number of phenols is 1. The molecule has 1 N–H and O–H groups in total. The lowest BCUT2D eigenvalue weighted by Crippen LogP contribution is -2.49. The molecule has 8 heteroatoms. The molecule has 0 saturated carbocycles. The topological polar surface area (TPSA) is 68.6 Å². The van der Waals surface area contributed by atoms with Gasteiger partial charge in [0, 0.05) is 18.7 Å². The van der Waals surface area contributed by atoms with Crippen LogP contribution in [-0.4, -0.2) is 71.5 Å². The second kappa shape index (κ2) is 8.09. The molecule has 3 aliphatic rings. The number of aromatic hydroxyl groups is 1. The summed E-state index contributed by atoms with van der Waals surface area (Å²) in [6, 6.07) is 10.7. The maximum Gasteiger partial charge on any atom is 0.341 e. The largest absolute Gasteiger partial charge is 0.508 e. The van der Waals surface area contributed by atoms with Crippen LogP contribution in [0.3, 0.4) is 0 Å². The molecule has 5 rings (SSSR count). The molecule has 1 saturated heterocycles. The number of nitrogens with zero attached hydrogens (tertiary/aromatic N) is 4. The molecule has 0 aliphatic carbocycles. The van der Waals surface area contributed by atoms with Gasteiger partial charge in [-0.15, -0.1) is 0 Å². The van der Waals surface area contributed by atoms with Crippen LogP contribution in [0, 0.1) is 11.7 Å². The molecule has 0 unspecified atom stereocenters. The van der Waals surface area contributed by atoms with Gasteiger partial charge in [-0.05, 0) is 68.9 Å². The van der Waals surface area contributed by atoms with Crippen LogP contribution in [0.2, 0.25) is 0 Å². The maximum atomic E-state index is 14.0. The molecule has 2 aromatic carbocycles. The molecule has 2 amide bonds. The molecule has 0 spiro atoms. The smallest absolute Gasteiger partial charge is 0.341 e. The SMILES string of the molecule is CN1CCC(N(C)C(=O)N2N=C3c4cc(F)ccc4OC[C@@H]3[C@@H]2c2cccc(O)c2)CC1. The Hall–Kier alpha value is -3.13. The average Bonchev–Trinajstić information content (AvgIpc) is 3.19. The zero-order chi connectivity index (χ0) is 22.4. The molecule has 0 radical (unpaired) electrons. The Balaban J connectivity index is 1.53. The number of halogens is 1. The lowest BCUT2D eigenvalue weighted by molar-refractivity contribution is 0.102. The molecule has 0 aromatic heterocycles. The van der Waals surface area contributed by atoms with E-state index in [1.54, 1.807) is 29.2 Å². The van der Waals surface area contributed by atoms with Crippen LogP contribution in [-0.2, 0) is 0 Å². The predicted octanol–water partition coefficient (Wildman–Crippen LogP) is 3.45. The summed E-state index contributed by atoms with van der Waals surface area (Å²) >= 11 is 0. The zero-order valence-electron chi connectivity index (χ0n) is 18.2. The number of hydrogen-bond acceptors (Lipinski definition) is 5. The monoisotopic (exact) mass is 438 g/mol. The van der Waals surface area contributed by atoms with Crippen molar-refractivity contribution in [1.29, 1.82) is 0 Å². The number of benzene rings is 2. The molecule has 2 aromatic rings. The van der Waals surface area contributed by atoms with Crippen molar-refractivity contribution in [2.24, 2.45) is 11.0 Å². The Kier molecular flexibility index (Phi) is 5.25. The van der Waals surface area contributed by atoms with Gasteiger partial charge in [0.1, 0.15) is 17.3 Å². The summed E-state index contributed by atoms with van der Waals surface area (Å²) < 4.78 is 20.0. The van der Waals surface area contributed by atoms with Gasteiger partial charge < -0.3 is 19.6 Å². The fourth-order valence-electron chi connectivity index (χ4n) is 4.95. The second-order valence-corrected chi connectivity index (χ2v) is 8.86. The summed E-state index contributed by atoms with van der Waals surface area (Å²) in [5, 5.41) is 16.3. The van der Waals surface area contributed by atoms with Crippen LogP contribution in [0.4, 0.5) is 9.18 Å². The molecule has 0 bridgehead atoms. The summed E-state index contributed by atoms with van der Waals surface area (Å²) in [7, 11) is 3.91. The van der Waals surface area contributed by atoms with Crippen LogP contribution < -0.4 is 4.74 Å². The Morgan fingerprint density at radius 2 is 2.00 bits per heavy atom. The minimum absolute atomic E-state index is 0.121.